The van der Waals surface area contributed by atoms with Gasteiger partial charge in [-0.05, 0) is 36.2 Å². The molecule has 2 rings (SSSR count). The van der Waals surface area contributed by atoms with Crippen LogP contribution in [-0.2, 0) is 11.2 Å². The Morgan fingerprint density at radius 2 is 1.95 bits per heavy atom. The minimum atomic E-state index is -0.240. The van der Waals surface area contributed by atoms with Gasteiger partial charge in [0.2, 0.25) is 0 Å². The number of nitrogens with one attached hydrogen (secondary N) is 1. The molecule has 21 heavy (non-hydrogen) atoms. The van der Waals surface area contributed by atoms with Gasteiger partial charge in [-0.15, -0.1) is 0 Å². The summed E-state index contributed by atoms with van der Waals surface area (Å²) in [6.45, 7) is 1.98. The lowest BCUT2D eigenvalue weighted by Crippen LogP contribution is -2.20. The fourth-order valence-corrected chi connectivity index (χ4v) is 1.85. The molecule has 108 valence electrons. The number of carbonyl (C=O) groups excluding carboxylic acids is 2. The van der Waals surface area contributed by atoms with Gasteiger partial charge in [0.05, 0.1) is 0 Å². The van der Waals surface area contributed by atoms with Crippen molar-refractivity contribution in [2.75, 3.05) is 11.9 Å². The number of carbonyl (C=O) groups is 2. The summed E-state index contributed by atoms with van der Waals surface area (Å²) in [6, 6.07) is 14.4. The van der Waals surface area contributed by atoms with Gasteiger partial charge in [-0.25, -0.2) is 0 Å². The molecule has 2 aromatic carbocycles. The Bertz CT molecular complexity index is 620. The molecular weight excluding hydrogens is 266 g/mol. The van der Waals surface area contributed by atoms with E-state index in [1.807, 2.05) is 24.3 Å². The second-order valence-corrected chi connectivity index (χ2v) is 4.58. The molecule has 1 N–H and O–H groups in total. The standard InChI is InChI=1S/C17H17NO3/c1-2-13-6-8-15(9-7-13)18-17(20)12-21-16-5-3-4-14(10-16)11-19/h3-11H,2,12H2,1H3,(H,18,20). The number of aldehydes is 1. The van der Waals surface area contributed by atoms with Crippen molar-refractivity contribution < 1.29 is 14.3 Å². The van der Waals surface area contributed by atoms with Crippen molar-refractivity contribution in [1.29, 1.82) is 0 Å². The molecule has 0 saturated heterocycles. The lowest BCUT2D eigenvalue weighted by molar-refractivity contribution is -0.118. The van der Waals surface area contributed by atoms with Gasteiger partial charge < -0.3 is 10.1 Å². The molecule has 0 aromatic heterocycles. The average molecular weight is 283 g/mol. The second-order valence-electron chi connectivity index (χ2n) is 4.58. The smallest absolute Gasteiger partial charge is 0.262 e. The normalized spacial score (nSPS) is 9.95. The first-order chi connectivity index (χ1) is 10.2. The van der Waals surface area contributed by atoms with E-state index in [1.165, 1.54) is 5.56 Å². The highest BCUT2D eigenvalue weighted by Crippen LogP contribution is 2.13. The topological polar surface area (TPSA) is 55.4 Å². The minimum absolute atomic E-state index is 0.0994. The third kappa shape index (κ3) is 4.45. The first kappa shape index (κ1) is 14.8. The molecule has 0 atom stereocenters. The van der Waals surface area contributed by atoms with Crippen LogP contribution in [0.25, 0.3) is 0 Å². The monoisotopic (exact) mass is 283 g/mol. The van der Waals surface area contributed by atoms with Gasteiger partial charge >= 0.3 is 0 Å². The summed E-state index contributed by atoms with van der Waals surface area (Å²) in [4.78, 5) is 22.4. The highest BCUT2D eigenvalue weighted by Gasteiger charge is 2.04. The maximum absolute atomic E-state index is 11.8. The SMILES string of the molecule is CCc1ccc(NC(=O)COc2cccc(C=O)c2)cc1. The van der Waals surface area contributed by atoms with E-state index in [9.17, 15) is 9.59 Å². The zero-order chi connectivity index (χ0) is 15.1. The second kappa shape index (κ2) is 7.24. The number of aryl methyl sites for hydroxylation is 1. The largest absolute Gasteiger partial charge is 0.484 e. The van der Waals surface area contributed by atoms with Crippen LogP contribution in [0.2, 0.25) is 0 Å². The highest BCUT2D eigenvalue weighted by atomic mass is 16.5. The maximum Gasteiger partial charge on any atom is 0.262 e. The lowest BCUT2D eigenvalue weighted by atomic mass is 10.1. The Hall–Kier alpha value is -2.62. The molecule has 0 radical (unpaired) electrons. The summed E-state index contributed by atoms with van der Waals surface area (Å²) in [6.07, 6.45) is 1.70. The third-order valence-corrected chi connectivity index (χ3v) is 3.01. The van der Waals surface area contributed by atoms with Gasteiger partial charge in [-0.3, -0.25) is 9.59 Å². The van der Waals surface area contributed by atoms with Crippen LogP contribution >= 0.6 is 0 Å². The number of hydrogen-bond donors (Lipinski definition) is 1. The van der Waals surface area contributed by atoms with Gasteiger partial charge in [0.25, 0.3) is 5.91 Å². The summed E-state index contributed by atoms with van der Waals surface area (Å²) in [5.74, 6) is 0.256. The predicted octanol–water partition coefficient (Wildman–Crippen LogP) is 3.08. The highest BCUT2D eigenvalue weighted by molar-refractivity contribution is 5.91. The molecule has 0 unspecified atom stereocenters. The molecule has 0 saturated carbocycles. The van der Waals surface area contributed by atoms with Gasteiger partial charge in [0, 0.05) is 11.3 Å². The Labute approximate surface area is 123 Å². The first-order valence-electron chi connectivity index (χ1n) is 6.78. The van der Waals surface area contributed by atoms with Crippen molar-refractivity contribution in [2.45, 2.75) is 13.3 Å². The number of benzene rings is 2. The van der Waals surface area contributed by atoms with E-state index in [1.54, 1.807) is 24.3 Å². The number of ether oxygens (including phenoxy) is 1. The molecule has 0 spiro atoms. The molecular formula is C17H17NO3. The van der Waals surface area contributed by atoms with Gasteiger partial charge in [0.1, 0.15) is 12.0 Å². The Morgan fingerprint density at radius 1 is 1.19 bits per heavy atom. The molecule has 0 aliphatic heterocycles. The zero-order valence-corrected chi connectivity index (χ0v) is 11.8. The zero-order valence-electron chi connectivity index (χ0n) is 11.8. The van der Waals surface area contributed by atoms with Gasteiger partial charge in [-0.1, -0.05) is 31.2 Å². The van der Waals surface area contributed by atoms with Crippen LogP contribution < -0.4 is 10.1 Å². The van der Waals surface area contributed by atoms with Crippen molar-refractivity contribution in [1.82, 2.24) is 0 Å². The number of anilines is 1. The molecule has 0 aliphatic carbocycles. The maximum atomic E-state index is 11.8. The molecule has 0 heterocycles. The number of rotatable bonds is 6. The van der Waals surface area contributed by atoms with E-state index in [0.717, 1.165) is 18.4 Å². The predicted molar refractivity (Wildman–Crippen MR) is 81.8 cm³/mol. The van der Waals surface area contributed by atoms with Crippen LogP contribution in [0.3, 0.4) is 0 Å². The van der Waals surface area contributed by atoms with Crippen molar-refractivity contribution in [3.05, 3.63) is 59.7 Å². The van der Waals surface area contributed by atoms with E-state index in [4.69, 9.17) is 4.74 Å². The van der Waals surface area contributed by atoms with Crippen molar-refractivity contribution in [2.24, 2.45) is 0 Å². The Balaban J connectivity index is 1.87. The lowest BCUT2D eigenvalue weighted by Gasteiger charge is -2.08. The first-order valence-corrected chi connectivity index (χ1v) is 6.78. The number of amides is 1. The van der Waals surface area contributed by atoms with Gasteiger partial charge in [-0.2, -0.15) is 0 Å². The van der Waals surface area contributed by atoms with Crippen LogP contribution in [0, 0.1) is 0 Å². The summed E-state index contributed by atoms with van der Waals surface area (Å²) >= 11 is 0. The molecule has 0 bridgehead atoms. The fraction of sp³-hybridized carbons (Fsp3) is 0.176. The molecule has 0 aliphatic rings. The van der Waals surface area contributed by atoms with Crippen LogP contribution in [-0.4, -0.2) is 18.8 Å². The Kier molecular flexibility index (Phi) is 5.10. The molecule has 1 amide bonds. The quantitative estimate of drug-likeness (QED) is 0.829. The molecule has 4 nitrogen and oxygen atoms in total. The molecule has 4 heteroatoms. The number of hydrogen-bond acceptors (Lipinski definition) is 3. The van der Waals surface area contributed by atoms with Crippen molar-refractivity contribution >= 4 is 17.9 Å². The van der Waals surface area contributed by atoms with E-state index in [-0.39, 0.29) is 12.5 Å². The van der Waals surface area contributed by atoms with E-state index in [0.29, 0.717) is 11.3 Å². The van der Waals surface area contributed by atoms with Crippen LogP contribution in [0.1, 0.15) is 22.8 Å². The van der Waals surface area contributed by atoms with E-state index >= 15 is 0 Å². The average Bonchev–Trinajstić information content (AvgIpc) is 2.54. The molecule has 0 fully saturated rings. The fourth-order valence-electron chi connectivity index (χ4n) is 1.85. The van der Waals surface area contributed by atoms with E-state index < -0.39 is 0 Å². The summed E-state index contributed by atoms with van der Waals surface area (Å²) < 4.78 is 5.36. The van der Waals surface area contributed by atoms with Crippen molar-refractivity contribution in [3.63, 3.8) is 0 Å². The third-order valence-electron chi connectivity index (χ3n) is 3.01. The minimum Gasteiger partial charge on any atom is -0.484 e. The van der Waals surface area contributed by atoms with Crippen LogP contribution in [0.5, 0.6) is 5.75 Å². The van der Waals surface area contributed by atoms with Gasteiger partial charge in [0.15, 0.2) is 6.61 Å². The van der Waals surface area contributed by atoms with E-state index in [2.05, 4.69) is 12.2 Å². The van der Waals surface area contributed by atoms with Crippen LogP contribution in [0.15, 0.2) is 48.5 Å². The molecule has 2 aromatic rings. The summed E-state index contributed by atoms with van der Waals surface area (Å²) in [5, 5.41) is 2.76. The Morgan fingerprint density at radius 3 is 2.62 bits per heavy atom. The summed E-state index contributed by atoms with van der Waals surface area (Å²) in [5.41, 5.74) is 2.47. The van der Waals surface area contributed by atoms with Crippen molar-refractivity contribution in [3.8, 4) is 5.75 Å². The summed E-state index contributed by atoms with van der Waals surface area (Å²) in [7, 11) is 0. The van der Waals surface area contributed by atoms with Crippen LogP contribution in [0.4, 0.5) is 5.69 Å².